The number of methoxy groups -OCH3 is 2. The second-order valence-corrected chi connectivity index (χ2v) is 3.81. The van der Waals surface area contributed by atoms with E-state index in [2.05, 4.69) is 11.8 Å². The van der Waals surface area contributed by atoms with Crippen molar-refractivity contribution in [2.24, 2.45) is 0 Å². The summed E-state index contributed by atoms with van der Waals surface area (Å²) in [5.41, 5.74) is -0.145. The molecule has 78 valence electrons. The zero-order valence-electron chi connectivity index (χ0n) is 8.71. The van der Waals surface area contributed by atoms with Crippen molar-refractivity contribution in [3.63, 3.8) is 0 Å². The summed E-state index contributed by atoms with van der Waals surface area (Å²) in [6.07, 6.45) is 4.65. The topological polar surface area (TPSA) is 31.0 Å². The summed E-state index contributed by atoms with van der Waals surface area (Å²) in [4.78, 5) is 0. The summed E-state index contributed by atoms with van der Waals surface area (Å²) in [5, 5.41) is 0. The van der Waals surface area contributed by atoms with Crippen LogP contribution in [0.3, 0.4) is 0 Å². The quantitative estimate of drug-likeness (QED) is 0.379. The average molecular weight is 196 g/mol. The second-order valence-electron chi connectivity index (χ2n) is 3.81. The Morgan fingerprint density at radius 3 is 2.79 bits per heavy atom. The Bertz CT molecular complexity index is 261. The Labute approximate surface area is 84.7 Å². The van der Waals surface area contributed by atoms with E-state index in [4.69, 9.17) is 14.2 Å². The van der Waals surface area contributed by atoms with Crippen molar-refractivity contribution in [3.05, 3.63) is 0 Å². The Balaban J connectivity index is 1.96. The van der Waals surface area contributed by atoms with Crippen LogP contribution in [0.1, 0.15) is 25.7 Å². The van der Waals surface area contributed by atoms with E-state index in [-0.39, 0.29) is 5.60 Å². The van der Waals surface area contributed by atoms with Crippen LogP contribution in [0.4, 0.5) is 0 Å². The van der Waals surface area contributed by atoms with Gasteiger partial charge in [-0.3, -0.25) is 0 Å². The lowest BCUT2D eigenvalue weighted by molar-refractivity contribution is -0.0597. The van der Waals surface area contributed by atoms with Gasteiger partial charge in [0, 0.05) is 14.2 Å². The van der Waals surface area contributed by atoms with E-state index < -0.39 is 6.29 Å². The molecule has 2 atom stereocenters. The molecule has 2 fully saturated rings. The van der Waals surface area contributed by atoms with Crippen molar-refractivity contribution in [1.29, 1.82) is 0 Å². The molecule has 0 aromatic rings. The lowest BCUT2D eigenvalue weighted by Crippen LogP contribution is -2.18. The van der Waals surface area contributed by atoms with E-state index in [1.54, 1.807) is 14.2 Å². The molecule has 1 aliphatic carbocycles. The molecule has 2 aliphatic rings. The zero-order valence-corrected chi connectivity index (χ0v) is 8.71. The van der Waals surface area contributed by atoms with Gasteiger partial charge in [0.05, 0.1) is 6.10 Å². The van der Waals surface area contributed by atoms with Gasteiger partial charge in [0.25, 0.3) is 0 Å². The fourth-order valence-corrected chi connectivity index (χ4v) is 2.02. The van der Waals surface area contributed by atoms with Crippen molar-refractivity contribution < 1.29 is 14.2 Å². The van der Waals surface area contributed by atoms with Crippen LogP contribution in [-0.2, 0) is 14.2 Å². The van der Waals surface area contributed by atoms with Crippen LogP contribution in [0.25, 0.3) is 0 Å². The van der Waals surface area contributed by atoms with Crippen LogP contribution < -0.4 is 0 Å². The van der Waals surface area contributed by atoms with E-state index in [9.17, 15) is 0 Å². The molecule has 0 radical (unpaired) electrons. The lowest BCUT2D eigenvalue weighted by atomic mass is 9.90. The van der Waals surface area contributed by atoms with Gasteiger partial charge in [-0.2, -0.15) is 0 Å². The molecule has 3 heteroatoms. The summed E-state index contributed by atoms with van der Waals surface area (Å²) in [6, 6.07) is 0. The first-order valence-corrected chi connectivity index (χ1v) is 5.07. The number of hydrogen-bond donors (Lipinski definition) is 0. The van der Waals surface area contributed by atoms with Crippen LogP contribution >= 0.6 is 0 Å². The Morgan fingerprint density at radius 2 is 2.14 bits per heavy atom. The average Bonchev–Trinajstić information content (AvgIpc) is 2.94. The molecule has 0 unspecified atom stereocenters. The number of fused-ring (bicyclic) bond motifs is 1. The van der Waals surface area contributed by atoms with E-state index >= 15 is 0 Å². The highest BCUT2D eigenvalue weighted by molar-refractivity contribution is 5.27. The number of hydrogen-bond acceptors (Lipinski definition) is 3. The van der Waals surface area contributed by atoms with Crippen LogP contribution in [0.15, 0.2) is 0 Å². The molecule has 3 nitrogen and oxygen atoms in total. The predicted molar refractivity (Wildman–Crippen MR) is 51.7 cm³/mol. The largest absolute Gasteiger partial charge is 0.352 e. The molecular formula is C11H16O3. The van der Waals surface area contributed by atoms with Crippen LogP contribution in [0.2, 0.25) is 0 Å². The molecule has 0 N–H and O–H groups in total. The molecule has 0 aromatic heterocycles. The van der Waals surface area contributed by atoms with E-state index in [1.165, 1.54) is 12.8 Å². The summed E-state index contributed by atoms with van der Waals surface area (Å²) >= 11 is 0. The third kappa shape index (κ3) is 1.78. The summed E-state index contributed by atoms with van der Waals surface area (Å²) in [7, 11) is 3.18. The first kappa shape index (κ1) is 9.97. The molecule has 0 bridgehead atoms. The maximum absolute atomic E-state index is 5.62. The monoisotopic (exact) mass is 196 g/mol. The van der Waals surface area contributed by atoms with E-state index in [1.807, 2.05) is 0 Å². The molecule has 1 saturated heterocycles. The fourth-order valence-electron chi connectivity index (χ4n) is 2.02. The van der Waals surface area contributed by atoms with Crippen molar-refractivity contribution >= 4 is 0 Å². The molecule has 1 heterocycles. The zero-order chi connectivity index (χ0) is 10.0. The van der Waals surface area contributed by atoms with Gasteiger partial charge < -0.3 is 14.2 Å². The van der Waals surface area contributed by atoms with E-state index in [0.29, 0.717) is 6.10 Å². The van der Waals surface area contributed by atoms with Gasteiger partial charge in [-0.1, -0.05) is 12.3 Å². The number of ether oxygens (including phenoxy) is 3. The highest BCUT2D eigenvalue weighted by Crippen LogP contribution is 2.47. The van der Waals surface area contributed by atoms with Crippen molar-refractivity contribution in [3.8, 4) is 11.8 Å². The van der Waals surface area contributed by atoms with Crippen molar-refractivity contribution in [1.82, 2.24) is 0 Å². The maximum atomic E-state index is 5.62. The third-order valence-corrected chi connectivity index (χ3v) is 2.91. The van der Waals surface area contributed by atoms with Gasteiger partial charge in [-0.25, -0.2) is 0 Å². The molecular weight excluding hydrogens is 180 g/mol. The van der Waals surface area contributed by atoms with Gasteiger partial charge in [-0.05, 0) is 25.2 Å². The van der Waals surface area contributed by atoms with Gasteiger partial charge in [0.1, 0.15) is 0 Å². The Hall–Kier alpha value is -0.560. The minimum absolute atomic E-state index is 0.145. The maximum Gasteiger partial charge on any atom is 0.222 e. The standard InChI is InChI=1S/C11H16O3/c1-12-10(13-2)6-8-11-7-4-3-5-9(11)14-11/h9-10H,3-5,7H2,1-2H3/t9-,11-/m0/s1. The minimum Gasteiger partial charge on any atom is -0.352 e. The summed E-state index contributed by atoms with van der Waals surface area (Å²) in [5.74, 6) is 6.10. The Kier molecular flexibility index (Phi) is 2.78. The van der Waals surface area contributed by atoms with Crippen molar-refractivity contribution in [2.45, 2.75) is 43.7 Å². The molecule has 0 aromatic carbocycles. The smallest absolute Gasteiger partial charge is 0.222 e. The third-order valence-electron chi connectivity index (χ3n) is 2.91. The highest BCUT2D eigenvalue weighted by Gasteiger charge is 2.56. The van der Waals surface area contributed by atoms with Gasteiger partial charge >= 0.3 is 0 Å². The van der Waals surface area contributed by atoms with Crippen molar-refractivity contribution in [2.75, 3.05) is 14.2 Å². The Morgan fingerprint density at radius 1 is 1.36 bits per heavy atom. The highest BCUT2D eigenvalue weighted by atomic mass is 16.7. The number of rotatable bonds is 2. The van der Waals surface area contributed by atoms with Crippen LogP contribution in [-0.4, -0.2) is 32.2 Å². The normalized spacial score (nSPS) is 34.6. The first-order valence-electron chi connectivity index (χ1n) is 5.07. The van der Waals surface area contributed by atoms with Crippen LogP contribution in [0.5, 0.6) is 0 Å². The van der Waals surface area contributed by atoms with Gasteiger partial charge in [0.15, 0.2) is 5.60 Å². The molecule has 1 saturated carbocycles. The summed E-state index contributed by atoms with van der Waals surface area (Å²) in [6.45, 7) is 0. The second kappa shape index (κ2) is 3.90. The van der Waals surface area contributed by atoms with Gasteiger partial charge in [-0.15, -0.1) is 0 Å². The minimum atomic E-state index is -0.420. The fraction of sp³-hybridized carbons (Fsp3) is 0.818. The van der Waals surface area contributed by atoms with E-state index in [0.717, 1.165) is 12.8 Å². The molecule has 0 amide bonds. The lowest BCUT2D eigenvalue weighted by Gasteiger charge is -2.11. The first-order chi connectivity index (χ1) is 6.80. The SMILES string of the molecule is COC(C#C[C@@]12CCCC[C@@H]1O2)OC. The summed E-state index contributed by atoms with van der Waals surface area (Å²) < 4.78 is 15.6. The van der Waals surface area contributed by atoms with Gasteiger partial charge in [0.2, 0.25) is 6.29 Å². The molecule has 14 heavy (non-hydrogen) atoms. The molecule has 1 aliphatic heterocycles. The number of epoxide rings is 1. The predicted octanol–water partition coefficient (Wildman–Crippen LogP) is 1.32. The molecule has 0 spiro atoms. The van der Waals surface area contributed by atoms with Crippen LogP contribution in [0, 0.1) is 11.8 Å². The molecule has 2 rings (SSSR count).